The number of carboxylic acid groups (broad SMARTS) is 1. The van der Waals surface area contributed by atoms with Gasteiger partial charge in [-0.05, 0) is 28.0 Å². The third-order valence-corrected chi connectivity index (χ3v) is 4.99. The first-order valence-corrected chi connectivity index (χ1v) is 9.85. The highest BCUT2D eigenvalue weighted by Crippen LogP contribution is 2.20. The number of halogens is 1. The van der Waals surface area contributed by atoms with Crippen molar-refractivity contribution in [2.75, 3.05) is 0 Å². The first kappa shape index (κ1) is 22.0. The quantitative estimate of drug-likeness (QED) is 0.520. The zero-order valence-electron chi connectivity index (χ0n) is 17.0. The third-order valence-electron chi connectivity index (χ3n) is 4.99. The zero-order valence-corrected chi connectivity index (χ0v) is 17.0. The second kappa shape index (κ2) is 9.84. The summed E-state index contributed by atoms with van der Waals surface area (Å²) in [6.45, 7) is 1.24. The number of hydrogen-bond acceptors (Lipinski definition) is 3. The number of hydrogen-bond donors (Lipinski definition) is 3. The molecule has 2 atom stereocenters. The number of benzene rings is 3. The molecule has 0 aliphatic carbocycles. The summed E-state index contributed by atoms with van der Waals surface area (Å²) in [4.78, 5) is 36.3. The number of fused-ring (bicyclic) bond motifs is 1. The van der Waals surface area contributed by atoms with Crippen molar-refractivity contribution < 1.29 is 23.9 Å². The van der Waals surface area contributed by atoms with Gasteiger partial charge in [-0.1, -0.05) is 60.7 Å². The lowest BCUT2D eigenvalue weighted by Crippen LogP contribution is -2.52. The summed E-state index contributed by atoms with van der Waals surface area (Å²) in [5.74, 6) is -2.87. The summed E-state index contributed by atoms with van der Waals surface area (Å²) < 4.78 is 14.0. The van der Waals surface area contributed by atoms with Crippen LogP contribution < -0.4 is 10.6 Å². The van der Waals surface area contributed by atoms with Crippen LogP contribution in [0.3, 0.4) is 0 Å². The lowest BCUT2D eigenvalue weighted by Gasteiger charge is -2.22. The second-order valence-corrected chi connectivity index (χ2v) is 7.29. The van der Waals surface area contributed by atoms with Crippen LogP contribution in [0.2, 0.25) is 0 Å². The molecule has 7 heteroatoms. The van der Waals surface area contributed by atoms with E-state index in [-0.39, 0.29) is 18.4 Å². The predicted molar refractivity (Wildman–Crippen MR) is 115 cm³/mol. The first-order chi connectivity index (χ1) is 14.8. The Hall–Kier alpha value is -3.74. The normalized spacial score (nSPS) is 12.7. The van der Waals surface area contributed by atoms with Gasteiger partial charge in [-0.2, -0.15) is 0 Å². The predicted octanol–water partition coefficient (Wildman–Crippen LogP) is 2.84. The fourth-order valence-corrected chi connectivity index (χ4v) is 3.50. The van der Waals surface area contributed by atoms with Crippen LogP contribution in [0.5, 0.6) is 0 Å². The molecule has 0 heterocycles. The second-order valence-electron chi connectivity index (χ2n) is 7.29. The van der Waals surface area contributed by atoms with E-state index in [0.717, 1.165) is 16.3 Å². The first-order valence-electron chi connectivity index (χ1n) is 9.85. The van der Waals surface area contributed by atoms with Crippen LogP contribution in [0.15, 0.2) is 66.7 Å². The highest BCUT2D eigenvalue weighted by Gasteiger charge is 2.27. The van der Waals surface area contributed by atoms with Crippen LogP contribution >= 0.6 is 0 Å². The smallest absolute Gasteiger partial charge is 0.326 e. The van der Waals surface area contributed by atoms with E-state index in [0.29, 0.717) is 0 Å². The van der Waals surface area contributed by atoms with Crippen molar-refractivity contribution in [1.82, 2.24) is 10.6 Å². The van der Waals surface area contributed by atoms with E-state index in [4.69, 9.17) is 0 Å². The number of carboxylic acids is 1. The average Bonchev–Trinajstić information content (AvgIpc) is 2.74. The number of aliphatic carboxylic acids is 1. The highest BCUT2D eigenvalue weighted by molar-refractivity contribution is 5.91. The van der Waals surface area contributed by atoms with Crippen LogP contribution in [0.1, 0.15) is 18.1 Å². The summed E-state index contributed by atoms with van der Waals surface area (Å²) in [5, 5.41) is 16.5. The molecular weight excluding hydrogens is 399 g/mol. The molecule has 0 aliphatic heterocycles. The molecule has 160 valence electrons. The molecule has 3 rings (SSSR count). The van der Waals surface area contributed by atoms with Gasteiger partial charge in [0.15, 0.2) is 0 Å². The van der Waals surface area contributed by atoms with Crippen molar-refractivity contribution in [3.63, 3.8) is 0 Å². The van der Waals surface area contributed by atoms with E-state index < -0.39 is 35.7 Å². The number of amides is 2. The number of carbonyl (C=O) groups is 3. The van der Waals surface area contributed by atoms with Gasteiger partial charge in [0.25, 0.3) is 0 Å². The highest BCUT2D eigenvalue weighted by atomic mass is 19.1. The Morgan fingerprint density at radius 1 is 0.839 bits per heavy atom. The summed E-state index contributed by atoms with van der Waals surface area (Å²) in [5.41, 5.74) is 1.02. The zero-order chi connectivity index (χ0) is 22.4. The summed E-state index contributed by atoms with van der Waals surface area (Å²) >= 11 is 0. The van der Waals surface area contributed by atoms with E-state index >= 15 is 0 Å². The Morgan fingerprint density at radius 2 is 1.45 bits per heavy atom. The van der Waals surface area contributed by atoms with Crippen LogP contribution in [0.4, 0.5) is 4.39 Å². The van der Waals surface area contributed by atoms with Gasteiger partial charge >= 0.3 is 5.97 Å². The van der Waals surface area contributed by atoms with Crippen molar-refractivity contribution in [3.8, 4) is 0 Å². The molecule has 0 aliphatic rings. The molecule has 0 radical (unpaired) electrons. The molecule has 6 nitrogen and oxygen atoms in total. The van der Waals surface area contributed by atoms with Gasteiger partial charge in [0.1, 0.15) is 17.9 Å². The molecule has 0 aromatic heterocycles. The molecule has 3 aromatic carbocycles. The van der Waals surface area contributed by atoms with Crippen molar-refractivity contribution >= 4 is 28.6 Å². The standard InChI is InChI=1S/C24H23FN2O4/c1-15(28)26-21(14-18-8-3-5-12-20(18)25)23(29)27-22(24(30)31)13-17-10-6-9-16-7-2-4-11-19(16)17/h2-12,21-22H,13-14H2,1H3,(H,26,28)(H,27,29)(H,30,31)/t21-,22+/m1/s1. The minimum absolute atomic E-state index is 0.0644. The Bertz CT molecular complexity index is 1110. The monoisotopic (exact) mass is 422 g/mol. The molecular formula is C24H23FN2O4. The van der Waals surface area contributed by atoms with E-state index in [1.165, 1.54) is 25.1 Å². The van der Waals surface area contributed by atoms with Gasteiger partial charge in [0, 0.05) is 19.8 Å². The third kappa shape index (κ3) is 5.66. The molecule has 0 saturated heterocycles. The summed E-state index contributed by atoms with van der Waals surface area (Å²) in [6.07, 6.45) is -0.0341. The SMILES string of the molecule is CC(=O)N[C@H](Cc1ccccc1F)C(=O)N[C@@H](Cc1cccc2ccccc12)C(=O)O. The fourth-order valence-electron chi connectivity index (χ4n) is 3.50. The maximum Gasteiger partial charge on any atom is 0.326 e. The molecule has 0 spiro atoms. The van der Waals surface area contributed by atoms with Gasteiger partial charge < -0.3 is 15.7 Å². The molecule has 0 unspecified atom stereocenters. The Balaban J connectivity index is 1.81. The largest absolute Gasteiger partial charge is 0.480 e. The molecule has 0 saturated carbocycles. The van der Waals surface area contributed by atoms with Gasteiger partial charge in [-0.25, -0.2) is 9.18 Å². The van der Waals surface area contributed by atoms with Crippen LogP contribution in [0, 0.1) is 5.82 Å². The van der Waals surface area contributed by atoms with Gasteiger partial charge in [-0.15, -0.1) is 0 Å². The minimum atomic E-state index is -1.21. The van der Waals surface area contributed by atoms with Crippen LogP contribution in [-0.2, 0) is 27.2 Å². The van der Waals surface area contributed by atoms with Crippen LogP contribution in [0.25, 0.3) is 10.8 Å². The maximum absolute atomic E-state index is 14.0. The van der Waals surface area contributed by atoms with E-state index in [1.807, 2.05) is 42.5 Å². The molecule has 0 fully saturated rings. The Labute approximate surface area is 179 Å². The number of rotatable bonds is 8. The van der Waals surface area contributed by atoms with Crippen molar-refractivity contribution in [3.05, 3.63) is 83.7 Å². The lowest BCUT2D eigenvalue weighted by atomic mass is 9.98. The topological polar surface area (TPSA) is 95.5 Å². The molecule has 3 aromatic rings. The molecule has 2 amide bonds. The number of nitrogens with one attached hydrogen (secondary N) is 2. The molecule has 0 bridgehead atoms. The van der Waals surface area contributed by atoms with Crippen molar-refractivity contribution in [2.24, 2.45) is 0 Å². The summed E-state index contributed by atoms with van der Waals surface area (Å²) in [6, 6.07) is 16.8. The molecule has 3 N–H and O–H groups in total. The van der Waals surface area contributed by atoms with Gasteiger partial charge in [0.05, 0.1) is 0 Å². The van der Waals surface area contributed by atoms with Gasteiger partial charge in [0.2, 0.25) is 11.8 Å². The minimum Gasteiger partial charge on any atom is -0.480 e. The summed E-state index contributed by atoms with van der Waals surface area (Å²) in [7, 11) is 0. The molecule has 31 heavy (non-hydrogen) atoms. The van der Waals surface area contributed by atoms with E-state index in [2.05, 4.69) is 10.6 Å². The Morgan fingerprint density at radius 3 is 2.16 bits per heavy atom. The Kier molecular flexibility index (Phi) is 6.97. The average molecular weight is 422 g/mol. The lowest BCUT2D eigenvalue weighted by molar-refractivity contribution is -0.142. The van der Waals surface area contributed by atoms with Crippen molar-refractivity contribution in [1.29, 1.82) is 0 Å². The maximum atomic E-state index is 14.0. The fraction of sp³-hybridized carbons (Fsp3) is 0.208. The van der Waals surface area contributed by atoms with Gasteiger partial charge in [-0.3, -0.25) is 9.59 Å². The van der Waals surface area contributed by atoms with E-state index in [9.17, 15) is 23.9 Å². The van der Waals surface area contributed by atoms with Crippen LogP contribution in [-0.4, -0.2) is 35.0 Å². The number of carbonyl (C=O) groups excluding carboxylic acids is 2. The van der Waals surface area contributed by atoms with Crippen molar-refractivity contribution in [2.45, 2.75) is 31.8 Å². The van der Waals surface area contributed by atoms with E-state index in [1.54, 1.807) is 6.07 Å².